The Morgan fingerprint density at radius 3 is 2.55 bits per heavy atom. The third-order valence-electron chi connectivity index (χ3n) is 5.92. The molecule has 1 aliphatic carbocycles. The SMILES string of the molecule is O=S1(=O)c2ccccc2O[C@H]2CCN(c3ncc(F)cn3)CC[C@@H]2N1CC1CC1. The van der Waals surface area contributed by atoms with Crippen molar-refractivity contribution in [2.24, 2.45) is 5.92 Å². The van der Waals surface area contributed by atoms with Crippen LogP contribution < -0.4 is 9.64 Å². The largest absolute Gasteiger partial charge is 0.487 e. The van der Waals surface area contributed by atoms with Gasteiger partial charge in [-0.15, -0.1) is 0 Å². The minimum absolute atomic E-state index is 0.251. The number of aromatic nitrogens is 2. The molecule has 0 unspecified atom stereocenters. The molecule has 0 radical (unpaired) electrons. The number of para-hydroxylation sites is 1. The molecular formula is C20H23FN4O3S. The summed E-state index contributed by atoms with van der Waals surface area (Å²) in [5, 5.41) is 0. The van der Waals surface area contributed by atoms with Crippen molar-refractivity contribution >= 4 is 16.0 Å². The number of rotatable bonds is 3. The highest BCUT2D eigenvalue weighted by atomic mass is 32.2. The van der Waals surface area contributed by atoms with Crippen LogP contribution in [0.5, 0.6) is 5.75 Å². The van der Waals surface area contributed by atoms with Crippen LogP contribution in [0, 0.1) is 11.7 Å². The molecule has 2 fully saturated rings. The van der Waals surface area contributed by atoms with Gasteiger partial charge in [-0.05, 0) is 37.3 Å². The van der Waals surface area contributed by atoms with E-state index in [-0.39, 0.29) is 17.0 Å². The van der Waals surface area contributed by atoms with Crippen molar-refractivity contribution in [2.75, 3.05) is 24.5 Å². The third kappa shape index (κ3) is 3.57. The summed E-state index contributed by atoms with van der Waals surface area (Å²) in [4.78, 5) is 10.4. The van der Waals surface area contributed by atoms with Gasteiger partial charge in [0.15, 0.2) is 5.82 Å². The molecular weight excluding hydrogens is 395 g/mol. The van der Waals surface area contributed by atoms with Crippen LogP contribution in [0.15, 0.2) is 41.6 Å². The van der Waals surface area contributed by atoms with E-state index in [1.54, 1.807) is 28.6 Å². The number of halogens is 1. The first-order valence-electron chi connectivity index (χ1n) is 10.0. The van der Waals surface area contributed by atoms with E-state index in [2.05, 4.69) is 9.97 Å². The lowest BCUT2D eigenvalue weighted by Gasteiger charge is -2.31. The lowest BCUT2D eigenvalue weighted by molar-refractivity contribution is 0.111. The molecule has 29 heavy (non-hydrogen) atoms. The Hall–Kier alpha value is -2.26. The molecule has 2 aromatic rings. The van der Waals surface area contributed by atoms with Crippen molar-refractivity contribution in [3.63, 3.8) is 0 Å². The zero-order valence-corrected chi connectivity index (χ0v) is 16.8. The van der Waals surface area contributed by atoms with Gasteiger partial charge >= 0.3 is 0 Å². The summed E-state index contributed by atoms with van der Waals surface area (Å²) in [6.45, 7) is 1.74. The first kappa shape index (κ1) is 18.7. The fourth-order valence-corrected chi connectivity index (χ4v) is 6.09. The second-order valence-electron chi connectivity index (χ2n) is 7.95. The normalized spacial score (nSPS) is 26.6. The molecule has 1 saturated heterocycles. The van der Waals surface area contributed by atoms with E-state index in [0.717, 1.165) is 25.2 Å². The first-order chi connectivity index (χ1) is 14.0. The number of hydrogen-bond donors (Lipinski definition) is 0. The summed E-state index contributed by atoms with van der Waals surface area (Å²) in [5.41, 5.74) is 0. The molecule has 0 bridgehead atoms. The highest BCUT2D eigenvalue weighted by Crippen LogP contribution is 2.40. The third-order valence-corrected chi connectivity index (χ3v) is 7.85. The number of benzene rings is 1. The quantitative estimate of drug-likeness (QED) is 0.762. The van der Waals surface area contributed by atoms with E-state index in [4.69, 9.17) is 4.74 Å². The summed E-state index contributed by atoms with van der Waals surface area (Å²) >= 11 is 0. The van der Waals surface area contributed by atoms with Gasteiger partial charge < -0.3 is 9.64 Å². The van der Waals surface area contributed by atoms with Crippen LogP contribution in [0.4, 0.5) is 10.3 Å². The van der Waals surface area contributed by atoms with Crippen molar-refractivity contribution < 1.29 is 17.5 Å². The van der Waals surface area contributed by atoms with Gasteiger partial charge in [-0.2, -0.15) is 4.31 Å². The van der Waals surface area contributed by atoms with Crippen LogP contribution in [0.2, 0.25) is 0 Å². The highest BCUT2D eigenvalue weighted by Gasteiger charge is 2.45. The maximum absolute atomic E-state index is 13.5. The Morgan fingerprint density at radius 1 is 1.07 bits per heavy atom. The van der Waals surface area contributed by atoms with Gasteiger partial charge in [0.05, 0.1) is 18.4 Å². The molecule has 5 rings (SSSR count). The molecule has 2 atom stereocenters. The minimum atomic E-state index is -3.64. The Labute approximate surface area is 169 Å². The number of hydrogen-bond acceptors (Lipinski definition) is 6. The van der Waals surface area contributed by atoms with Gasteiger partial charge in [-0.3, -0.25) is 0 Å². The molecule has 0 N–H and O–H groups in total. The Morgan fingerprint density at radius 2 is 1.79 bits per heavy atom. The average Bonchev–Trinajstić information content (AvgIpc) is 3.55. The Kier molecular flexibility index (Phi) is 4.66. The Bertz CT molecular complexity index is 997. The van der Waals surface area contributed by atoms with Crippen LogP contribution in [-0.2, 0) is 10.0 Å². The van der Waals surface area contributed by atoms with Gasteiger partial charge in [0.2, 0.25) is 16.0 Å². The number of nitrogens with zero attached hydrogens (tertiary/aromatic N) is 4. The standard InChI is InChI=1S/C20H23FN4O3S/c21-15-11-22-20(23-12-15)24-9-7-16-17(8-10-24)28-18-3-1-2-4-19(18)29(26,27)25(16)13-14-5-6-14/h1-4,11-12,14,16-17H,5-10,13H2/t16-,17-/m0/s1. The molecule has 3 heterocycles. The first-order valence-corrected chi connectivity index (χ1v) is 11.5. The zero-order valence-electron chi connectivity index (χ0n) is 15.9. The van der Waals surface area contributed by atoms with Crippen molar-refractivity contribution in [1.82, 2.24) is 14.3 Å². The maximum Gasteiger partial charge on any atom is 0.247 e. The van der Waals surface area contributed by atoms with Crippen LogP contribution in [0.3, 0.4) is 0 Å². The van der Waals surface area contributed by atoms with E-state index >= 15 is 0 Å². The van der Waals surface area contributed by atoms with Gasteiger partial charge in [-0.1, -0.05) is 12.1 Å². The van der Waals surface area contributed by atoms with E-state index in [1.165, 1.54) is 0 Å². The molecule has 1 aromatic heterocycles. The molecule has 1 aromatic carbocycles. The summed E-state index contributed by atoms with van der Waals surface area (Å²) in [6.07, 6.45) is 5.44. The van der Waals surface area contributed by atoms with E-state index in [0.29, 0.717) is 50.1 Å². The minimum Gasteiger partial charge on any atom is -0.487 e. The summed E-state index contributed by atoms with van der Waals surface area (Å²) < 4.78 is 48.1. The van der Waals surface area contributed by atoms with E-state index in [1.807, 2.05) is 4.90 Å². The van der Waals surface area contributed by atoms with Gasteiger partial charge in [0.1, 0.15) is 16.7 Å². The Balaban J connectivity index is 1.49. The summed E-state index contributed by atoms with van der Waals surface area (Å²) in [7, 11) is -3.64. The van der Waals surface area contributed by atoms with Crippen LogP contribution in [-0.4, -0.2) is 54.5 Å². The molecule has 0 spiro atoms. The lowest BCUT2D eigenvalue weighted by atomic mass is 10.1. The van der Waals surface area contributed by atoms with Gasteiger partial charge in [0.25, 0.3) is 0 Å². The predicted molar refractivity (Wildman–Crippen MR) is 105 cm³/mol. The van der Waals surface area contributed by atoms with E-state index < -0.39 is 15.8 Å². The molecule has 7 nitrogen and oxygen atoms in total. The van der Waals surface area contributed by atoms with Crippen molar-refractivity contribution in [1.29, 1.82) is 0 Å². The molecule has 2 aliphatic heterocycles. The van der Waals surface area contributed by atoms with Crippen molar-refractivity contribution in [2.45, 2.75) is 42.7 Å². The van der Waals surface area contributed by atoms with Crippen molar-refractivity contribution in [3.8, 4) is 5.75 Å². The molecule has 9 heteroatoms. The van der Waals surface area contributed by atoms with Crippen LogP contribution in [0.1, 0.15) is 25.7 Å². The highest BCUT2D eigenvalue weighted by molar-refractivity contribution is 7.89. The maximum atomic E-state index is 13.5. The number of fused-ring (bicyclic) bond motifs is 2. The summed E-state index contributed by atoms with van der Waals surface area (Å²) in [6, 6.07) is 6.66. The summed E-state index contributed by atoms with van der Waals surface area (Å²) in [5.74, 6) is 0.831. The number of sulfonamides is 1. The topological polar surface area (TPSA) is 75.6 Å². The number of ether oxygens (including phenoxy) is 1. The van der Waals surface area contributed by atoms with Crippen molar-refractivity contribution in [3.05, 3.63) is 42.5 Å². The van der Waals surface area contributed by atoms with Gasteiger partial charge in [-0.25, -0.2) is 22.8 Å². The second kappa shape index (κ2) is 7.21. The lowest BCUT2D eigenvalue weighted by Crippen LogP contribution is -2.48. The van der Waals surface area contributed by atoms with E-state index in [9.17, 15) is 12.8 Å². The number of anilines is 1. The predicted octanol–water partition coefficient (Wildman–Crippen LogP) is 2.45. The molecule has 3 aliphatic rings. The molecule has 1 saturated carbocycles. The average molecular weight is 418 g/mol. The van der Waals surface area contributed by atoms with Gasteiger partial charge in [0, 0.05) is 26.1 Å². The molecule has 154 valence electrons. The molecule has 0 amide bonds. The second-order valence-corrected chi connectivity index (χ2v) is 9.81. The van der Waals surface area contributed by atoms with Crippen LogP contribution in [0.25, 0.3) is 0 Å². The smallest absolute Gasteiger partial charge is 0.247 e. The fraction of sp³-hybridized carbons (Fsp3) is 0.500. The fourth-order valence-electron chi connectivity index (χ4n) is 4.21. The monoisotopic (exact) mass is 418 g/mol. The van der Waals surface area contributed by atoms with Crippen LogP contribution >= 0.6 is 0 Å². The zero-order chi connectivity index (χ0) is 20.0.